The maximum Gasteiger partial charge on any atom is 0.193 e. The van der Waals surface area contributed by atoms with Crippen LogP contribution in [0.5, 0.6) is 0 Å². The van der Waals surface area contributed by atoms with Crippen LogP contribution in [-0.2, 0) is 16.0 Å². The zero-order chi connectivity index (χ0) is 27.7. The van der Waals surface area contributed by atoms with Crippen LogP contribution in [0.4, 0.5) is 0 Å². The predicted molar refractivity (Wildman–Crippen MR) is 156 cm³/mol. The second kappa shape index (κ2) is 13.7. The lowest BCUT2D eigenvalue weighted by molar-refractivity contribution is -0.120. The highest BCUT2D eigenvalue weighted by molar-refractivity contribution is 7.12. The summed E-state index contributed by atoms with van der Waals surface area (Å²) in [6.45, 7) is 11.6. The van der Waals surface area contributed by atoms with Crippen LogP contribution >= 0.6 is 11.3 Å². The molecule has 5 nitrogen and oxygen atoms in total. The van der Waals surface area contributed by atoms with Gasteiger partial charge in [-0.3, -0.25) is 9.59 Å². The van der Waals surface area contributed by atoms with Gasteiger partial charge >= 0.3 is 0 Å². The van der Waals surface area contributed by atoms with Crippen LogP contribution in [-0.4, -0.2) is 21.7 Å². The number of ketones is 2. The molecule has 3 rings (SSSR count). The van der Waals surface area contributed by atoms with E-state index in [0.717, 1.165) is 58.1 Å². The Hall–Kier alpha value is -3.69. The fourth-order valence-corrected chi connectivity index (χ4v) is 5.10. The van der Waals surface area contributed by atoms with Crippen molar-refractivity contribution < 1.29 is 14.7 Å². The number of aromatic nitrogens is 1. The van der Waals surface area contributed by atoms with Crippen LogP contribution in [0.3, 0.4) is 0 Å². The first-order valence-corrected chi connectivity index (χ1v) is 13.8. The Morgan fingerprint density at radius 3 is 2.82 bits per heavy atom. The van der Waals surface area contributed by atoms with Crippen molar-refractivity contribution in [2.75, 3.05) is 0 Å². The van der Waals surface area contributed by atoms with Crippen molar-refractivity contribution in [3.05, 3.63) is 92.0 Å². The molecule has 198 valence electrons. The Kier molecular flexibility index (Phi) is 10.4. The number of unbranched alkanes of at least 4 members (excludes halogenated alkanes) is 1. The van der Waals surface area contributed by atoms with Crippen LogP contribution in [0.25, 0.3) is 6.08 Å². The highest BCUT2D eigenvalue weighted by Crippen LogP contribution is 2.28. The summed E-state index contributed by atoms with van der Waals surface area (Å²) in [7, 11) is 0. The second-order valence-electron chi connectivity index (χ2n) is 9.63. The second-order valence-corrected chi connectivity index (χ2v) is 10.7. The van der Waals surface area contributed by atoms with E-state index in [-0.39, 0.29) is 23.5 Å². The van der Waals surface area contributed by atoms with E-state index in [9.17, 15) is 14.7 Å². The zero-order valence-corrected chi connectivity index (χ0v) is 23.6. The molecule has 6 heteroatoms. The van der Waals surface area contributed by atoms with Crippen LogP contribution < -0.4 is 5.32 Å². The summed E-state index contributed by atoms with van der Waals surface area (Å²) in [5.41, 5.74) is 5.19. The lowest BCUT2D eigenvalue weighted by atomic mass is 9.88. The molecule has 0 aliphatic heterocycles. The van der Waals surface area contributed by atoms with E-state index in [4.69, 9.17) is 0 Å². The standard InChI is InChI=1S/C32H36N2O3S/c1-6-23(4)33-16-9-7-8-12-26-18-27(35)31(28(36)19-26)32(37)22(3)17-29-24(5)34-30(38-29)20-25-13-10-11-21(2)14-15-25/h9,14-18,33,37H,4,6-8,11-12,19-20H2,1-3,5H3/b16-9+,22-17+,32-31+. The normalized spacial score (nSPS) is 17.4. The maximum absolute atomic E-state index is 12.8. The number of allylic oxidation sites excluding steroid dienone is 10. The van der Waals surface area contributed by atoms with Crippen molar-refractivity contribution in [3.8, 4) is 11.8 Å². The molecule has 0 aromatic carbocycles. The lowest BCUT2D eigenvalue weighted by Crippen LogP contribution is -2.20. The number of rotatable bonds is 11. The first-order valence-electron chi connectivity index (χ1n) is 13.0. The Balaban J connectivity index is 1.67. The summed E-state index contributed by atoms with van der Waals surface area (Å²) >= 11 is 1.53. The van der Waals surface area contributed by atoms with Gasteiger partial charge in [0.25, 0.3) is 0 Å². The number of Topliss-reactive ketones (excluding diaryl/α,β-unsaturated/α-hetero) is 1. The number of carbonyl (C=O) groups excluding carboxylic acids is 2. The van der Waals surface area contributed by atoms with Crippen LogP contribution in [0.15, 0.2) is 76.4 Å². The Morgan fingerprint density at radius 2 is 2.08 bits per heavy atom. The van der Waals surface area contributed by atoms with Crippen molar-refractivity contribution >= 4 is 29.0 Å². The van der Waals surface area contributed by atoms with Gasteiger partial charge in [0.15, 0.2) is 11.6 Å². The molecule has 0 bridgehead atoms. The van der Waals surface area contributed by atoms with Gasteiger partial charge in [-0.15, -0.1) is 11.3 Å². The molecule has 1 aromatic rings. The molecular weight excluding hydrogens is 492 g/mol. The summed E-state index contributed by atoms with van der Waals surface area (Å²) < 4.78 is 0. The van der Waals surface area contributed by atoms with E-state index < -0.39 is 5.78 Å². The molecule has 0 fully saturated rings. The van der Waals surface area contributed by atoms with Gasteiger partial charge in [-0.2, -0.15) is 0 Å². The molecule has 0 saturated heterocycles. The number of carbonyl (C=O) groups is 2. The number of aryl methyl sites for hydroxylation is 1. The summed E-state index contributed by atoms with van der Waals surface area (Å²) in [4.78, 5) is 31.2. The number of nitrogens with zero attached hydrogens (tertiary/aromatic N) is 1. The van der Waals surface area contributed by atoms with E-state index in [1.165, 1.54) is 23.0 Å². The minimum absolute atomic E-state index is 0.131. The summed E-state index contributed by atoms with van der Waals surface area (Å²) in [6.07, 6.45) is 16.1. The largest absolute Gasteiger partial charge is 0.507 e. The van der Waals surface area contributed by atoms with Crippen molar-refractivity contribution in [2.45, 2.75) is 72.6 Å². The monoisotopic (exact) mass is 528 g/mol. The van der Waals surface area contributed by atoms with Gasteiger partial charge in [0, 0.05) is 30.5 Å². The van der Waals surface area contributed by atoms with Gasteiger partial charge in [0.1, 0.15) is 11.3 Å². The molecule has 2 aliphatic rings. The van der Waals surface area contributed by atoms with Gasteiger partial charge < -0.3 is 10.4 Å². The van der Waals surface area contributed by atoms with Crippen molar-refractivity contribution in [3.63, 3.8) is 0 Å². The lowest BCUT2D eigenvalue weighted by Gasteiger charge is -2.15. The van der Waals surface area contributed by atoms with Gasteiger partial charge in [-0.25, -0.2) is 4.98 Å². The molecule has 38 heavy (non-hydrogen) atoms. The Bertz CT molecular complexity index is 1370. The average molecular weight is 529 g/mol. The van der Waals surface area contributed by atoms with E-state index in [2.05, 4.69) is 41.7 Å². The van der Waals surface area contributed by atoms with E-state index >= 15 is 0 Å². The molecule has 0 amide bonds. The highest BCUT2D eigenvalue weighted by Gasteiger charge is 2.28. The topological polar surface area (TPSA) is 79.3 Å². The third-order valence-corrected chi connectivity index (χ3v) is 7.41. The maximum atomic E-state index is 12.8. The number of hydrogen-bond donors (Lipinski definition) is 2. The van der Waals surface area contributed by atoms with Gasteiger partial charge in [0.05, 0.1) is 15.6 Å². The zero-order valence-electron chi connectivity index (χ0n) is 22.7. The number of hydrogen-bond acceptors (Lipinski definition) is 6. The number of aliphatic hydroxyl groups excluding tert-OH is 1. The molecule has 0 radical (unpaired) electrons. The predicted octanol–water partition coefficient (Wildman–Crippen LogP) is 7.15. The van der Waals surface area contributed by atoms with Gasteiger partial charge in [-0.05, 0) is 70.4 Å². The fourth-order valence-electron chi connectivity index (χ4n) is 4.00. The minimum atomic E-state index is -0.429. The summed E-state index contributed by atoms with van der Waals surface area (Å²) in [5.74, 6) is 5.36. The van der Waals surface area contributed by atoms with E-state index in [1.54, 1.807) is 13.0 Å². The molecule has 1 aromatic heterocycles. The highest BCUT2D eigenvalue weighted by atomic mass is 32.1. The molecule has 0 saturated carbocycles. The molecule has 0 atom stereocenters. The molecule has 0 spiro atoms. The van der Waals surface area contributed by atoms with Crippen LogP contribution in [0, 0.1) is 18.8 Å². The van der Waals surface area contributed by atoms with E-state index in [0.29, 0.717) is 18.4 Å². The third kappa shape index (κ3) is 8.16. The molecule has 2 N–H and O–H groups in total. The van der Waals surface area contributed by atoms with Gasteiger partial charge in [0.2, 0.25) is 0 Å². The SMILES string of the molecule is C=C(CC)N/C=C/CCCC1=CC(=O)/C(=C(O)/C(C)=C/c2sc(CC3=CC=C(C)CC#C3)nc2C)C(=O)C1. The van der Waals surface area contributed by atoms with Gasteiger partial charge in [-0.1, -0.05) is 54.7 Å². The summed E-state index contributed by atoms with van der Waals surface area (Å²) in [5, 5.41) is 14.9. The third-order valence-electron chi connectivity index (χ3n) is 6.31. The molecule has 1 heterocycles. The van der Waals surface area contributed by atoms with E-state index in [1.807, 2.05) is 32.2 Å². The van der Waals surface area contributed by atoms with Crippen LogP contribution in [0.2, 0.25) is 0 Å². The van der Waals surface area contributed by atoms with Crippen molar-refractivity contribution in [1.82, 2.24) is 10.3 Å². The minimum Gasteiger partial charge on any atom is -0.507 e. The Morgan fingerprint density at radius 1 is 1.29 bits per heavy atom. The fraction of sp³-hybridized carbons (Fsp3) is 0.344. The number of thiazole rings is 1. The molecule has 0 unspecified atom stereocenters. The number of nitrogens with one attached hydrogen (secondary N) is 1. The Labute approximate surface area is 230 Å². The molecule has 2 aliphatic carbocycles. The quantitative estimate of drug-likeness (QED) is 0.105. The van der Waals surface area contributed by atoms with Crippen LogP contribution in [0.1, 0.15) is 74.9 Å². The molecular formula is C32H36N2O3S. The first-order chi connectivity index (χ1) is 18.2. The summed E-state index contributed by atoms with van der Waals surface area (Å²) in [6, 6.07) is 0. The van der Waals surface area contributed by atoms with Crippen molar-refractivity contribution in [2.24, 2.45) is 0 Å². The number of aliphatic hydroxyl groups is 1. The first kappa shape index (κ1) is 28.9. The van der Waals surface area contributed by atoms with Crippen molar-refractivity contribution in [1.29, 1.82) is 0 Å². The average Bonchev–Trinajstić information content (AvgIpc) is 3.07. The smallest absolute Gasteiger partial charge is 0.193 e.